The molecule has 3 aromatic rings. The summed E-state index contributed by atoms with van der Waals surface area (Å²) in [7, 11) is 0. The molecule has 0 aliphatic carbocycles. The lowest BCUT2D eigenvalue weighted by atomic mass is 10.2. The maximum atomic E-state index is 4.37. The Morgan fingerprint density at radius 2 is 1.60 bits per heavy atom. The zero-order valence-corrected chi connectivity index (χ0v) is 11.0. The van der Waals surface area contributed by atoms with Crippen LogP contribution in [0.1, 0.15) is 0 Å². The molecule has 0 atom stereocenters. The highest BCUT2D eigenvalue weighted by atomic mass is 15.6. The smallest absolute Gasteiger partial charge is 0.204 e. The van der Waals surface area contributed by atoms with Crippen LogP contribution in [0.2, 0.25) is 0 Å². The van der Waals surface area contributed by atoms with Crippen molar-refractivity contribution in [1.82, 2.24) is 20.2 Å². The van der Waals surface area contributed by atoms with Gasteiger partial charge in [-0.3, -0.25) is 0 Å². The molecule has 5 nitrogen and oxygen atoms in total. The van der Waals surface area contributed by atoms with Crippen LogP contribution in [-0.4, -0.2) is 26.8 Å². The summed E-state index contributed by atoms with van der Waals surface area (Å²) >= 11 is 0. The van der Waals surface area contributed by atoms with Crippen LogP contribution in [0.15, 0.2) is 60.7 Å². The minimum atomic E-state index is 0.658. The van der Waals surface area contributed by atoms with Crippen LogP contribution in [0.4, 0.5) is 5.69 Å². The summed E-state index contributed by atoms with van der Waals surface area (Å²) in [6.07, 6.45) is 0. The molecule has 5 heteroatoms. The number of tetrazole rings is 1. The Bertz CT molecular complexity index is 648. The van der Waals surface area contributed by atoms with Crippen molar-refractivity contribution in [2.24, 2.45) is 0 Å². The molecule has 1 heterocycles. The fourth-order valence-electron chi connectivity index (χ4n) is 1.90. The van der Waals surface area contributed by atoms with E-state index in [9.17, 15) is 0 Å². The average molecular weight is 265 g/mol. The van der Waals surface area contributed by atoms with E-state index in [4.69, 9.17) is 0 Å². The fraction of sp³-hybridized carbons (Fsp3) is 0.133. The highest BCUT2D eigenvalue weighted by Crippen LogP contribution is 2.11. The summed E-state index contributed by atoms with van der Waals surface area (Å²) in [5, 5.41) is 15.8. The van der Waals surface area contributed by atoms with Crippen molar-refractivity contribution in [3.05, 3.63) is 60.7 Å². The van der Waals surface area contributed by atoms with E-state index in [0.29, 0.717) is 12.4 Å². The maximum absolute atomic E-state index is 4.37. The molecule has 0 spiro atoms. The van der Waals surface area contributed by atoms with Gasteiger partial charge in [0.1, 0.15) is 0 Å². The standard InChI is InChI=1S/C15H15N5/c1-3-7-13(8-4-1)15-17-19-20(18-15)12-11-16-14-9-5-2-6-10-14/h1-10,16H,11-12H2. The minimum absolute atomic E-state index is 0.658. The van der Waals surface area contributed by atoms with Crippen LogP contribution in [0.25, 0.3) is 11.4 Å². The normalized spacial score (nSPS) is 10.4. The van der Waals surface area contributed by atoms with E-state index < -0.39 is 0 Å². The Kier molecular flexibility index (Phi) is 3.68. The van der Waals surface area contributed by atoms with E-state index >= 15 is 0 Å². The zero-order chi connectivity index (χ0) is 13.6. The summed E-state index contributed by atoms with van der Waals surface area (Å²) in [4.78, 5) is 1.61. The molecule has 0 saturated heterocycles. The summed E-state index contributed by atoms with van der Waals surface area (Å²) in [5.41, 5.74) is 2.07. The predicted molar refractivity (Wildman–Crippen MR) is 78.2 cm³/mol. The second-order valence-corrected chi connectivity index (χ2v) is 4.37. The van der Waals surface area contributed by atoms with Gasteiger partial charge in [0.05, 0.1) is 6.54 Å². The number of rotatable bonds is 5. The summed E-state index contributed by atoms with van der Waals surface area (Å²) < 4.78 is 0. The molecule has 0 fully saturated rings. The molecule has 0 aliphatic heterocycles. The topological polar surface area (TPSA) is 55.6 Å². The third-order valence-corrected chi connectivity index (χ3v) is 2.90. The monoisotopic (exact) mass is 265 g/mol. The molecule has 0 radical (unpaired) electrons. The summed E-state index contributed by atoms with van der Waals surface area (Å²) in [5.74, 6) is 0.658. The predicted octanol–water partition coefficient (Wildman–Crippen LogP) is 2.45. The van der Waals surface area contributed by atoms with Crippen molar-refractivity contribution in [2.75, 3.05) is 11.9 Å². The zero-order valence-electron chi connectivity index (χ0n) is 11.0. The number of nitrogens with one attached hydrogen (secondary N) is 1. The molecule has 2 aromatic carbocycles. The molecule has 0 amide bonds. The average Bonchev–Trinajstić information content (AvgIpc) is 2.98. The number of nitrogens with zero attached hydrogens (tertiary/aromatic N) is 4. The SMILES string of the molecule is c1ccc(NCCn2nnc(-c3ccccc3)n2)cc1. The first-order chi connectivity index (χ1) is 9.92. The molecule has 3 rings (SSSR count). The summed E-state index contributed by atoms with van der Waals surface area (Å²) in [6, 6.07) is 19.9. The van der Waals surface area contributed by atoms with Crippen molar-refractivity contribution in [3.63, 3.8) is 0 Å². The van der Waals surface area contributed by atoms with E-state index in [1.807, 2.05) is 60.7 Å². The highest BCUT2D eigenvalue weighted by Gasteiger charge is 2.04. The first-order valence-electron chi connectivity index (χ1n) is 6.54. The quantitative estimate of drug-likeness (QED) is 0.770. The number of hydrogen-bond acceptors (Lipinski definition) is 4. The molecule has 0 aliphatic rings. The van der Waals surface area contributed by atoms with Gasteiger partial charge in [0.15, 0.2) is 0 Å². The van der Waals surface area contributed by atoms with Gasteiger partial charge in [-0.25, -0.2) is 0 Å². The molecule has 100 valence electrons. The lowest BCUT2D eigenvalue weighted by molar-refractivity contribution is 0.539. The first kappa shape index (κ1) is 12.3. The van der Waals surface area contributed by atoms with E-state index in [0.717, 1.165) is 17.8 Å². The second kappa shape index (κ2) is 5.97. The second-order valence-electron chi connectivity index (χ2n) is 4.37. The molecular weight excluding hydrogens is 250 g/mol. The largest absolute Gasteiger partial charge is 0.383 e. The molecule has 20 heavy (non-hydrogen) atoms. The van der Waals surface area contributed by atoms with Crippen LogP contribution in [0.5, 0.6) is 0 Å². The van der Waals surface area contributed by atoms with E-state index in [-0.39, 0.29) is 0 Å². The number of benzene rings is 2. The number of hydrogen-bond donors (Lipinski definition) is 1. The number of para-hydroxylation sites is 1. The number of anilines is 1. The van der Waals surface area contributed by atoms with Crippen molar-refractivity contribution >= 4 is 5.69 Å². The fourth-order valence-corrected chi connectivity index (χ4v) is 1.90. The summed E-state index contributed by atoms with van der Waals surface area (Å²) in [6.45, 7) is 1.43. The highest BCUT2D eigenvalue weighted by molar-refractivity contribution is 5.52. The maximum Gasteiger partial charge on any atom is 0.204 e. The van der Waals surface area contributed by atoms with Crippen LogP contribution >= 0.6 is 0 Å². The Morgan fingerprint density at radius 1 is 0.900 bits per heavy atom. The van der Waals surface area contributed by atoms with Crippen LogP contribution in [-0.2, 0) is 6.54 Å². The van der Waals surface area contributed by atoms with Gasteiger partial charge in [0, 0.05) is 17.8 Å². The van der Waals surface area contributed by atoms with Crippen molar-refractivity contribution in [1.29, 1.82) is 0 Å². The van der Waals surface area contributed by atoms with Crippen molar-refractivity contribution in [2.45, 2.75) is 6.54 Å². The van der Waals surface area contributed by atoms with E-state index in [2.05, 4.69) is 20.7 Å². The van der Waals surface area contributed by atoms with Gasteiger partial charge in [0.25, 0.3) is 0 Å². The lowest BCUT2D eigenvalue weighted by Gasteiger charge is -2.04. The minimum Gasteiger partial charge on any atom is -0.383 e. The van der Waals surface area contributed by atoms with E-state index in [1.165, 1.54) is 0 Å². The van der Waals surface area contributed by atoms with Crippen molar-refractivity contribution < 1.29 is 0 Å². The molecule has 1 N–H and O–H groups in total. The van der Waals surface area contributed by atoms with Gasteiger partial charge in [0.2, 0.25) is 5.82 Å². The number of aromatic nitrogens is 4. The van der Waals surface area contributed by atoms with Gasteiger partial charge in [-0.1, -0.05) is 48.5 Å². The Morgan fingerprint density at radius 3 is 2.35 bits per heavy atom. The third kappa shape index (κ3) is 3.00. The molecule has 0 bridgehead atoms. The molecule has 0 saturated carbocycles. The van der Waals surface area contributed by atoms with Gasteiger partial charge in [-0.05, 0) is 17.3 Å². The Labute approximate surface area is 117 Å². The molecule has 0 unspecified atom stereocenters. The van der Waals surface area contributed by atoms with Crippen molar-refractivity contribution in [3.8, 4) is 11.4 Å². The van der Waals surface area contributed by atoms with Gasteiger partial charge in [-0.2, -0.15) is 4.80 Å². The van der Waals surface area contributed by atoms with Gasteiger partial charge in [-0.15, -0.1) is 10.2 Å². The van der Waals surface area contributed by atoms with Crippen LogP contribution in [0, 0.1) is 0 Å². The Hall–Kier alpha value is -2.69. The third-order valence-electron chi connectivity index (χ3n) is 2.90. The van der Waals surface area contributed by atoms with Gasteiger partial charge < -0.3 is 5.32 Å². The Balaban J connectivity index is 1.58. The van der Waals surface area contributed by atoms with E-state index in [1.54, 1.807) is 4.80 Å². The van der Waals surface area contributed by atoms with Gasteiger partial charge >= 0.3 is 0 Å². The molecular formula is C15H15N5. The lowest BCUT2D eigenvalue weighted by Crippen LogP contribution is -2.12. The molecule has 1 aromatic heterocycles. The van der Waals surface area contributed by atoms with Crippen LogP contribution in [0.3, 0.4) is 0 Å². The first-order valence-corrected chi connectivity index (χ1v) is 6.54. The van der Waals surface area contributed by atoms with Crippen LogP contribution < -0.4 is 5.32 Å².